The third kappa shape index (κ3) is 4.96. The van der Waals surface area contributed by atoms with Crippen molar-refractivity contribution in [2.75, 3.05) is 13.1 Å². The fourth-order valence-corrected chi connectivity index (χ4v) is 0.967. The van der Waals surface area contributed by atoms with Crippen LogP contribution in [0.1, 0.15) is 33.6 Å². The molecule has 0 amide bonds. The highest BCUT2D eigenvalue weighted by molar-refractivity contribution is 5.80. The van der Waals surface area contributed by atoms with Crippen LogP contribution >= 0.6 is 0 Å². The fraction of sp³-hybridized carbons (Fsp3) is 0.889. The van der Waals surface area contributed by atoms with Gasteiger partial charge in [0.05, 0.1) is 0 Å². The number of ketones is 1. The van der Waals surface area contributed by atoms with Crippen LogP contribution < -0.4 is 5.32 Å². The topological polar surface area (TPSA) is 29.1 Å². The van der Waals surface area contributed by atoms with Gasteiger partial charge in [0, 0.05) is 18.9 Å². The van der Waals surface area contributed by atoms with E-state index in [1.165, 1.54) is 0 Å². The van der Waals surface area contributed by atoms with Gasteiger partial charge in [-0.1, -0.05) is 20.8 Å². The van der Waals surface area contributed by atoms with E-state index in [0.29, 0.717) is 5.78 Å². The second-order valence-corrected chi connectivity index (χ2v) is 2.93. The summed E-state index contributed by atoms with van der Waals surface area (Å²) in [6.45, 7) is 7.86. The van der Waals surface area contributed by atoms with Gasteiger partial charge in [-0.3, -0.25) is 4.79 Å². The SMILES string of the molecule is CCCC(=O)C(C)CNCC. The van der Waals surface area contributed by atoms with Gasteiger partial charge in [-0.15, -0.1) is 0 Å². The molecule has 0 saturated carbocycles. The number of carbonyl (C=O) groups is 1. The molecule has 0 radical (unpaired) electrons. The summed E-state index contributed by atoms with van der Waals surface area (Å²) in [5, 5.41) is 3.17. The van der Waals surface area contributed by atoms with E-state index >= 15 is 0 Å². The monoisotopic (exact) mass is 157 g/mol. The standard InChI is InChI=1S/C9H19NO/c1-4-6-9(11)8(3)7-10-5-2/h8,10H,4-7H2,1-3H3. The Hall–Kier alpha value is -0.370. The predicted molar refractivity (Wildman–Crippen MR) is 47.6 cm³/mol. The maximum absolute atomic E-state index is 11.2. The van der Waals surface area contributed by atoms with Crippen molar-refractivity contribution in [3.8, 4) is 0 Å². The van der Waals surface area contributed by atoms with Crippen LogP contribution in [0.4, 0.5) is 0 Å². The summed E-state index contributed by atoms with van der Waals surface area (Å²) in [5.41, 5.74) is 0. The lowest BCUT2D eigenvalue weighted by Crippen LogP contribution is -2.26. The Morgan fingerprint density at radius 1 is 1.45 bits per heavy atom. The third-order valence-electron chi connectivity index (χ3n) is 1.75. The van der Waals surface area contributed by atoms with E-state index in [1.807, 2.05) is 13.8 Å². The summed E-state index contributed by atoms with van der Waals surface area (Å²) >= 11 is 0. The molecule has 11 heavy (non-hydrogen) atoms. The first-order chi connectivity index (χ1) is 5.22. The van der Waals surface area contributed by atoms with E-state index in [0.717, 1.165) is 25.9 Å². The van der Waals surface area contributed by atoms with Crippen molar-refractivity contribution in [1.82, 2.24) is 5.32 Å². The Morgan fingerprint density at radius 3 is 2.55 bits per heavy atom. The van der Waals surface area contributed by atoms with Gasteiger partial charge in [0.15, 0.2) is 0 Å². The highest BCUT2D eigenvalue weighted by Crippen LogP contribution is 2.00. The zero-order valence-corrected chi connectivity index (χ0v) is 7.81. The first kappa shape index (κ1) is 10.6. The van der Waals surface area contributed by atoms with Crippen LogP contribution in [0.15, 0.2) is 0 Å². The van der Waals surface area contributed by atoms with Gasteiger partial charge < -0.3 is 5.32 Å². The van der Waals surface area contributed by atoms with Crippen LogP contribution in [-0.4, -0.2) is 18.9 Å². The van der Waals surface area contributed by atoms with Crippen LogP contribution in [0.2, 0.25) is 0 Å². The van der Waals surface area contributed by atoms with Gasteiger partial charge in [0.1, 0.15) is 5.78 Å². The molecular weight excluding hydrogens is 138 g/mol. The molecule has 2 nitrogen and oxygen atoms in total. The molecule has 1 N–H and O–H groups in total. The molecule has 0 bridgehead atoms. The lowest BCUT2D eigenvalue weighted by molar-refractivity contribution is -0.122. The van der Waals surface area contributed by atoms with Crippen molar-refractivity contribution in [3.63, 3.8) is 0 Å². The molecule has 0 aromatic carbocycles. The first-order valence-electron chi connectivity index (χ1n) is 4.45. The minimum absolute atomic E-state index is 0.190. The van der Waals surface area contributed by atoms with Crippen molar-refractivity contribution in [3.05, 3.63) is 0 Å². The minimum atomic E-state index is 0.190. The molecule has 0 aromatic rings. The number of hydrogen-bond acceptors (Lipinski definition) is 2. The largest absolute Gasteiger partial charge is 0.316 e. The van der Waals surface area contributed by atoms with E-state index in [9.17, 15) is 4.79 Å². The summed E-state index contributed by atoms with van der Waals surface area (Å²) in [5.74, 6) is 0.573. The van der Waals surface area contributed by atoms with E-state index in [4.69, 9.17) is 0 Å². The van der Waals surface area contributed by atoms with Crippen molar-refractivity contribution in [2.45, 2.75) is 33.6 Å². The van der Waals surface area contributed by atoms with Crippen LogP contribution in [0.3, 0.4) is 0 Å². The van der Waals surface area contributed by atoms with Crippen LogP contribution in [-0.2, 0) is 4.79 Å². The molecule has 0 heterocycles. The number of hydrogen-bond donors (Lipinski definition) is 1. The highest BCUT2D eigenvalue weighted by atomic mass is 16.1. The normalized spacial score (nSPS) is 13.0. The molecule has 1 unspecified atom stereocenters. The zero-order chi connectivity index (χ0) is 8.69. The molecule has 0 rings (SSSR count). The molecule has 0 aromatic heterocycles. The van der Waals surface area contributed by atoms with Crippen molar-refractivity contribution in [1.29, 1.82) is 0 Å². The first-order valence-corrected chi connectivity index (χ1v) is 4.45. The van der Waals surface area contributed by atoms with E-state index in [1.54, 1.807) is 0 Å². The Labute approximate surface area is 69.4 Å². The Bertz CT molecular complexity index is 112. The van der Waals surface area contributed by atoms with Gasteiger partial charge in [-0.05, 0) is 13.0 Å². The van der Waals surface area contributed by atoms with Gasteiger partial charge in [0.25, 0.3) is 0 Å². The molecule has 0 spiro atoms. The van der Waals surface area contributed by atoms with E-state index < -0.39 is 0 Å². The minimum Gasteiger partial charge on any atom is -0.316 e. The second kappa shape index (κ2) is 6.35. The van der Waals surface area contributed by atoms with Gasteiger partial charge in [-0.25, -0.2) is 0 Å². The lowest BCUT2D eigenvalue weighted by Gasteiger charge is -2.09. The Kier molecular flexibility index (Phi) is 6.13. The number of carbonyl (C=O) groups excluding carboxylic acids is 1. The summed E-state index contributed by atoms with van der Waals surface area (Å²) in [6.07, 6.45) is 1.70. The lowest BCUT2D eigenvalue weighted by atomic mass is 10.0. The molecule has 0 aliphatic heterocycles. The molecule has 0 fully saturated rings. The Morgan fingerprint density at radius 2 is 2.09 bits per heavy atom. The number of Topliss-reactive ketones (excluding diaryl/α,β-unsaturated/α-hetero) is 1. The van der Waals surface area contributed by atoms with Gasteiger partial charge in [-0.2, -0.15) is 0 Å². The molecule has 1 atom stereocenters. The smallest absolute Gasteiger partial charge is 0.136 e. The summed E-state index contributed by atoms with van der Waals surface area (Å²) in [6, 6.07) is 0. The molecular formula is C9H19NO. The summed E-state index contributed by atoms with van der Waals surface area (Å²) < 4.78 is 0. The van der Waals surface area contributed by atoms with Gasteiger partial charge in [0.2, 0.25) is 0 Å². The van der Waals surface area contributed by atoms with E-state index in [2.05, 4.69) is 12.2 Å². The number of rotatable bonds is 6. The maximum atomic E-state index is 11.2. The summed E-state index contributed by atoms with van der Waals surface area (Å²) in [7, 11) is 0. The van der Waals surface area contributed by atoms with Crippen molar-refractivity contribution < 1.29 is 4.79 Å². The van der Waals surface area contributed by atoms with Crippen molar-refractivity contribution >= 4 is 5.78 Å². The zero-order valence-electron chi connectivity index (χ0n) is 7.81. The van der Waals surface area contributed by atoms with Crippen LogP contribution in [0, 0.1) is 5.92 Å². The van der Waals surface area contributed by atoms with Crippen LogP contribution in [0.5, 0.6) is 0 Å². The maximum Gasteiger partial charge on any atom is 0.136 e. The van der Waals surface area contributed by atoms with Gasteiger partial charge >= 0.3 is 0 Å². The fourth-order valence-electron chi connectivity index (χ4n) is 0.967. The molecule has 0 aliphatic rings. The number of nitrogens with one attached hydrogen (secondary N) is 1. The average Bonchev–Trinajstić information content (AvgIpc) is 2.00. The molecule has 0 saturated heterocycles. The van der Waals surface area contributed by atoms with E-state index in [-0.39, 0.29) is 5.92 Å². The highest BCUT2D eigenvalue weighted by Gasteiger charge is 2.09. The van der Waals surface area contributed by atoms with Crippen molar-refractivity contribution in [2.24, 2.45) is 5.92 Å². The third-order valence-corrected chi connectivity index (χ3v) is 1.75. The predicted octanol–water partition coefficient (Wildman–Crippen LogP) is 1.60. The Balaban J connectivity index is 3.46. The second-order valence-electron chi connectivity index (χ2n) is 2.93. The molecule has 2 heteroatoms. The summed E-state index contributed by atoms with van der Waals surface area (Å²) in [4.78, 5) is 11.2. The molecule has 0 aliphatic carbocycles. The van der Waals surface area contributed by atoms with Crippen LogP contribution in [0.25, 0.3) is 0 Å². The quantitative estimate of drug-likeness (QED) is 0.634. The average molecular weight is 157 g/mol. The molecule has 66 valence electrons.